The van der Waals surface area contributed by atoms with Gasteiger partial charge in [-0.2, -0.15) is 0 Å². The lowest BCUT2D eigenvalue weighted by Gasteiger charge is -2.60. The minimum atomic E-state index is -0.210. The van der Waals surface area contributed by atoms with Crippen molar-refractivity contribution in [2.45, 2.75) is 94.7 Å². The van der Waals surface area contributed by atoms with E-state index >= 15 is 0 Å². The molecule has 48 heavy (non-hydrogen) atoms. The van der Waals surface area contributed by atoms with E-state index in [1.54, 1.807) is 14.0 Å². The maximum absolute atomic E-state index is 14.3. The van der Waals surface area contributed by atoms with E-state index in [1.807, 2.05) is 42.5 Å². The molecule has 1 amide bonds. The van der Waals surface area contributed by atoms with Gasteiger partial charge in [-0.1, -0.05) is 66.7 Å². The van der Waals surface area contributed by atoms with Crippen molar-refractivity contribution in [1.82, 2.24) is 9.80 Å². The highest BCUT2D eigenvalue weighted by Crippen LogP contribution is 2.64. The van der Waals surface area contributed by atoms with Crippen molar-refractivity contribution in [3.05, 3.63) is 95.1 Å². The van der Waals surface area contributed by atoms with Gasteiger partial charge in [-0.05, 0) is 87.9 Å². The molecule has 1 spiro atoms. The summed E-state index contributed by atoms with van der Waals surface area (Å²) < 4.78 is 13.0. The van der Waals surface area contributed by atoms with Crippen LogP contribution in [0.25, 0.3) is 0 Å². The number of benzene rings is 3. The molecule has 3 aromatic carbocycles. The van der Waals surface area contributed by atoms with Crippen LogP contribution in [0.4, 0.5) is 0 Å². The summed E-state index contributed by atoms with van der Waals surface area (Å²) in [6.07, 6.45) is 7.53. The molecule has 252 valence electrons. The Morgan fingerprint density at radius 1 is 0.938 bits per heavy atom. The maximum atomic E-state index is 14.3. The second-order valence-corrected chi connectivity index (χ2v) is 14.3. The summed E-state index contributed by atoms with van der Waals surface area (Å²) in [5.41, 5.74) is 4.40. The van der Waals surface area contributed by atoms with Crippen LogP contribution in [0.15, 0.2) is 72.8 Å². The third kappa shape index (κ3) is 5.95. The van der Waals surface area contributed by atoms with Crippen LogP contribution in [-0.4, -0.2) is 72.2 Å². The highest BCUT2D eigenvalue weighted by atomic mass is 16.5. The van der Waals surface area contributed by atoms with E-state index in [9.17, 15) is 14.4 Å². The van der Waals surface area contributed by atoms with Crippen molar-refractivity contribution in [1.29, 1.82) is 0 Å². The fraction of sp³-hybridized carbons (Fsp3) is 0.488. The standard InChI is InChI=1S/C41H48N2O5/c1-28(44)27-42-25-23-41-32-20-21-33(40(41)48-39-36(47-2)22-19-31(38(39)41)26-34(32)42)43(24-11-14-29-12-5-3-6-13-29)37(46)18-10-9-17-35(45)30-15-7-4-8-16-30/h3-8,12-13,15-16,19,22,32-34,40H,9-11,14,17-18,20-21,23-27H2,1-2H3/t32-,33+,34+,40-,41-/m0/s1. The van der Waals surface area contributed by atoms with E-state index in [0.717, 1.165) is 62.1 Å². The van der Waals surface area contributed by atoms with Gasteiger partial charge in [-0.3, -0.25) is 19.3 Å². The summed E-state index contributed by atoms with van der Waals surface area (Å²) in [6, 6.07) is 24.4. The van der Waals surface area contributed by atoms with Gasteiger partial charge in [0, 0.05) is 42.0 Å². The first-order valence-electron chi connectivity index (χ1n) is 17.9. The number of hydrogen-bond donors (Lipinski definition) is 0. The number of ether oxygens (including phenoxy) is 2. The molecule has 0 N–H and O–H groups in total. The molecule has 3 aromatic rings. The Bertz CT molecular complexity index is 1640. The molecule has 2 heterocycles. The van der Waals surface area contributed by atoms with Gasteiger partial charge in [0.2, 0.25) is 5.91 Å². The van der Waals surface area contributed by atoms with Crippen LogP contribution in [0, 0.1) is 5.92 Å². The number of ketones is 2. The van der Waals surface area contributed by atoms with Crippen LogP contribution in [0.5, 0.6) is 11.5 Å². The zero-order valence-electron chi connectivity index (χ0n) is 28.4. The van der Waals surface area contributed by atoms with E-state index in [0.29, 0.717) is 44.7 Å². The molecule has 2 fully saturated rings. The van der Waals surface area contributed by atoms with Gasteiger partial charge in [0.15, 0.2) is 17.3 Å². The number of rotatable bonds is 14. The molecule has 1 saturated carbocycles. The predicted octanol–water partition coefficient (Wildman–Crippen LogP) is 6.60. The summed E-state index contributed by atoms with van der Waals surface area (Å²) >= 11 is 0. The lowest BCUT2D eigenvalue weighted by atomic mass is 9.51. The minimum Gasteiger partial charge on any atom is -0.493 e. The average Bonchev–Trinajstić information content (AvgIpc) is 3.45. The van der Waals surface area contributed by atoms with Gasteiger partial charge in [-0.25, -0.2) is 0 Å². The number of unbranched alkanes of at least 4 members (excludes halogenated alkanes) is 1. The Kier molecular flexibility index (Phi) is 9.41. The fourth-order valence-corrected chi connectivity index (χ4v) is 9.60. The average molecular weight is 649 g/mol. The number of carbonyl (C=O) groups is 3. The van der Waals surface area contributed by atoms with Gasteiger partial charge in [0.05, 0.1) is 19.7 Å². The highest BCUT2D eigenvalue weighted by molar-refractivity contribution is 5.96. The lowest BCUT2D eigenvalue weighted by Crippen LogP contribution is -2.69. The summed E-state index contributed by atoms with van der Waals surface area (Å²) in [6.45, 7) is 3.70. The monoisotopic (exact) mass is 648 g/mol. The number of carbonyl (C=O) groups excluding carboxylic acids is 3. The van der Waals surface area contributed by atoms with Crippen LogP contribution in [-0.2, 0) is 27.8 Å². The lowest BCUT2D eigenvalue weighted by molar-refractivity contribution is -0.143. The van der Waals surface area contributed by atoms with Crippen molar-refractivity contribution in [2.75, 3.05) is 26.7 Å². The largest absolute Gasteiger partial charge is 0.493 e. The van der Waals surface area contributed by atoms with Crippen molar-refractivity contribution in [3.8, 4) is 11.5 Å². The number of nitrogens with zero attached hydrogens (tertiary/aromatic N) is 2. The summed E-state index contributed by atoms with van der Waals surface area (Å²) in [4.78, 5) is 43.9. The van der Waals surface area contributed by atoms with Crippen LogP contribution in [0.2, 0.25) is 0 Å². The van der Waals surface area contributed by atoms with Crippen molar-refractivity contribution < 1.29 is 23.9 Å². The predicted molar refractivity (Wildman–Crippen MR) is 186 cm³/mol. The third-order valence-electron chi connectivity index (χ3n) is 11.6. The van der Waals surface area contributed by atoms with Gasteiger partial charge < -0.3 is 14.4 Å². The summed E-state index contributed by atoms with van der Waals surface area (Å²) in [5, 5.41) is 0. The molecule has 1 saturated heterocycles. The number of amides is 1. The fourth-order valence-electron chi connectivity index (χ4n) is 9.60. The van der Waals surface area contributed by atoms with E-state index in [4.69, 9.17) is 9.47 Å². The molecule has 7 heteroatoms. The molecule has 0 radical (unpaired) electrons. The van der Waals surface area contributed by atoms with Crippen LogP contribution < -0.4 is 9.47 Å². The molecule has 2 aliphatic carbocycles. The SMILES string of the molecule is COc1ccc2c3c1O[C@H]1[C@H](N(CCCc4ccccc4)C(=O)CCCCC(=O)c4ccccc4)CC[C@H]4[C@@H](C2)N(CC(C)=O)CC[C@@]341. The molecular weight excluding hydrogens is 600 g/mol. The highest BCUT2D eigenvalue weighted by Gasteiger charge is 2.66. The van der Waals surface area contributed by atoms with Gasteiger partial charge >= 0.3 is 0 Å². The van der Waals surface area contributed by atoms with E-state index in [1.165, 1.54) is 16.7 Å². The summed E-state index contributed by atoms with van der Waals surface area (Å²) in [7, 11) is 1.71. The zero-order chi connectivity index (χ0) is 33.3. The molecule has 0 unspecified atom stereocenters. The van der Waals surface area contributed by atoms with E-state index in [-0.39, 0.29) is 41.1 Å². The Morgan fingerprint density at radius 3 is 2.44 bits per heavy atom. The Morgan fingerprint density at radius 2 is 1.69 bits per heavy atom. The van der Waals surface area contributed by atoms with Crippen molar-refractivity contribution in [2.24, 2.45) is 5.92 Å². The van der Waals surface area contributed by atoms with Crippen molar-refractivity contribution >= 4 is 17.5 Å². The van der Waals surface area contributed by atoms with E-state index < -0.39 is 0 Å². The number of methoxy groups -OCH3 is 1. The van der Waals surface area contributed by atoms with Crippen LogP contribution in [0.1, 0.15) is 85.3 Å². The number of hydrogen-bond acceptors (Lipinski definition) is 6. The summed E-state index contributed by atoms with van der Waals surface area (Å²) in [5.74, 6) is 2.49. The Hall–Kier alpha value is -3.97. The molecule has 0 aromatic heterocycles. The molecular formula is C41H48N2O5. The normalized spacial score (nSPS) is 25.1. The second-order valence-electron chi connectivity index (χ2n) is 14.3. The first-order valence-corrected chi connectivity index (χ1v) is 17.9. The van der Waals surface area contributed by atoms with Crippen molar-refractivity contribution in [3.63, 3.8) is 0 Å². The smallest absolute Gasteiger partial charge is 0.222 e. The topological polar surface area (TPSA) is 76.2 Å². The van der Waals surface area contributed by atoms with Crippen LogP contribution >= 0.6 is 0 Å². The molecule has 4 aliphatic rings. The van der Waals surface area contributed by atoms with Gasteiger partial charge in [0.25, 0.3) is 0 Å². The third-order valence-corrected chi connectivity index (χ3v) is 11.6. The Labute approximate surface area is 284 Å². The first kappa shape index (κ1) is 32.6. The quantitative estimate of drug-likeness (QED) is 0.145. The second kappa shape index (κ2) is 13.9. The number of likely N-dealkylation sites (tertiary alicyclic amines) is 1. The zero-order valence-corrected chi connectivity index (χ0v) is 28.4. The number of Topliss-reactive ketones (excluding diaryl/α,β-unsaturated/α-hetero) is 2. The molecule has 5 atom stereocenters. The Balaban J connectivity index is 1.15. The molecule has 7 rings (SSSR count). The maximum Gasteiger partial charge on any atom is 0.222 e. The van der Waals surface area contributed by atoms with Gasteiger partial charge in [-0.15, -0.1) is 0 Å². The number of piperidine rings is 1. The minimum absolute atomic E-state index is 0.0569. The van der Waals surface area contributed by atoms with E-state index in [2.05, 4.69) is 40.1 Å². The first-order chi connectivity index (χ1) is 23.4. The molecule has 2 aliphatic heterocycles. The van der Waals surface area contributed by atoms with Gasteiger partial charge in [0.1, 0.15) is 11.9 Å². The molecule has 2 bridgehead atoms. The van der Waals surface area contributed by atoms with Crippen LogP contribution in [0.3, 0.4) is 0 Å². The molecule has 7 nitrogen and oxygen atoms in total. The number of aryl methyl sites for hydroxylation is 1.